The Morgan fingerprint density at radius 3 is 3.11 bits per heavy atom. The van der Waals surface area contributed by atoms with Gasteiger partial charge in [-0.1, -0.05) is 18.2 Å². The molecule has 0 saturated carbocycles. The molecule has 1 fully saturated rings. The van der Waals surface area contributed by atoms with Crippen LogP contribution in [0.4, 0.5) is 0 Å². The van der Waals surface area contributed by atoms with Crippen LogP contribution in [0.25, 0.3) is 0 Å². The Balaban J connectivity index is 2.11. The minimum atomic E-state index is -0.241. The van der Waals surface area contributed by atoms with Gasteiger partial charge >= 0.3 is 0 Å². The zero-order chi connectivity index (χ0) is 13.7. The average Bonchev–Trinajstić information content (AvgIpc) is 2.63. The highest BCUT2D eigenvalue weighted by Crippen LogP contribution is 2.14. The number of rotatable bonds is 3. The van der Waals surface area contributed by atoms with E-state index in [9.17, 15) is 4.79 Å². The maximum atomic E-state index is 11.7. The van der Waals surface area contributed by atoms with Gasteiger partial charge in [-0.2, -0.15) is 0 Å². The topological polar surface area (TPSA) is 67.6 Å². The number of carbonyl (C=O) groups excluding carboxylic acids is 1. The lowest BCUT2D eigenvalue weighted by molar-refractivity contribution is 0.0667. The Kier molecular flexibility index (Phi) is 4.90. The van der Waals surface area contributed by atoms with Crippen LogP contribution in [0, 0.1) is 0 Å². The molecule has 0 radical (unpaired) electrons. The molecule has 2 rings (SSSR count). The summed E-state index contributed by atoms with van der Waals surface area (Å²) in [6.45, 7) is 5.51. The van der Waals surface area contributed by atoms with E-state index in [2.05, 4.69) is 17.2 Å². The molecule has 104 valence electrons. The molecule has 1 heterocycles. The lowest BCUT2D eigenvalue weighted by Crippen LogP contribution is -2.33. The quantitative estimate of drug-likeness (QED) is 0.483. The van der Waals surface area contributed by atoms with Gasteiger partial charge in [-0.15, -0.1) is 0 Å². The van der Waals surface area contributed by atoms with Crippen LogP contribution in [0.15, 0.2) is 24.3 Å². The molecule has 1 aromatic rings. The van der Waals surface area contributed by atoms with Crippen LogP contribution in [-0.2, 0) is 11.3 Å². The number of hydrogen-bond acceptors (Lipinski definition) is 4. The molecule has 1 aliphatic rings. The van der Waals surface area contributed by atoms with Gasteiger partial charge in [-0.25, -0.2) is 5.84 Å². The third-order valence-corrected chi connectivity index (χ3v) is 3.32. The molecule has 19 heavy (non-hydrogen) atoms. The van der Waals surface area contributed by atoms with E-state index in [0.717, 1.165) is 38.2 Å². The molecule has 1 saturated heterocycles. The number of nitrogen functional groups attached to an aromatic ring is 1. The van der Waals surface area contributed by atoms with E-state index < -0.39 is 0 Å². The molecule has 0 bridgehead atoms. The fourth-order valence-electron chi connectivity index (χ4n) is 2.42. The summed E-state index contributed by atoms with van der Waals surface area (Å²) >= 11 is 0. The first-order valence-electron chi connectivity index (χ1n) is 6.63. The number of nitrogens with two attached hydrogens (primary N) is 1. The van der Waals surface area contributed by atoms with Gasteiger partial charge in [0, 0.05) is 31.8 Å². The van der Waals surface area contributed by atoms with Crippen LogP contribution in [0.5, 0.6) is 0 Å². The van der Waals surface area contributed by atoms with E-state index in [-0.39, 0.29) is 12.0 Å². The lowest BCUT2D eigenvalue weighted by Gasteiger charge is -2.22. The molecule has 0 aliphatic carbocycles. The predicted octanol–water partition coefficient (Wildman–Crippen LogP) is 0.901. The fourth-order valence-corrected chi connectivity index (χ4v) is 2.42. The molecule has 0 spiro atoms. The summed E-state index contributed by atoms with van der Waals surface area (Å²) in [4.78, 5) is 14.0. The van der Waals surface area contributed by atoms with E-state index in [1.807, 2.05) is 18.2 Å². The van der Waals surface area contributed by atoms with Gasteiger partial charge in [0.15, 0.2) is 0 Å². The van der Waals surface area contributed by atoms with E-state index in [1.165, 1.54) is 0 Å². The zero-order valence-electron chi connectivity index (χ0n) is 11.3. The monoisotopic (exact) mass is 263 g/mol. The molecule has 1 amide bonds. The van der Waals surface area contributed by atoms with Gasteiger partial charge in [0.25, 0.3) is 5.91 Å². The second-order valence-corrected chi connectivity index (χ2v) is 4.90. The summed E-state index contributed by atoms with van der Waals surface area (Å²) in [7, 11) is 0. The van der Waals surface area contributed by atoms with Crippen molar-refractivity contribution >= 4 is 5.91 Å². The van der Waals surface area contributed by atoms with Crippen LogP contribution >= 0.6 is 0 Å². The number of carbonyl (C=O) groups is 1. The minimum Gasteiger partial charge on any atom is -0.377 e. The molecular weight excluding hydrogens is 242 g/mol. The smallest absolute Gasteiger partial charge is 0.265 e. The Bertz CT molecular complexity index is 436. The molecule has 1 atom stereocenters. The Morgan fingerprint density at radius 2 is 2.32 bits per heavy atom. The van der Waals surface area contributed by atoms with Crippen molar-refractivity contribution in [1.29, 1.82) is 0 Å². The summed E-state index contributed by atoms with van der Waals surface area (Å²) < 4.78 is 5.63. The highest BCUT2D eigenvalue weighted by Gasteiger charge is 2.17. The summed E-state index contributed by atoms with van der Waals surface area (Å²) in [5, 5.41) is 0. The average molecular weight is 263 g/mol. The second kappa shape index (κ2) is 6.65. The van der Waals surface area contributed by atoms with Gasteiger partial charge in [0.2, 0.25) is 0 Å². The number of amides is 1. The van der Waals surface area contributed by atoms with Crippen LogP contribution < -0.4 is 11.3 Å². The summed E-state index contributed by atoms with van der Waals surface area (Å²) in [6.07, 6.45) is 1.26. The Morgan fingerprint density at radius 1 is 1.53 bits per heavy atom. The number of ether oxygens (including phenoxy) is 1. The molecule has 1 aromatic carbocycles. The molecular formula is C14H21N3O2. The third kappa shape index (κ3) is 3.76. The van der Waals surface area contributed by atoms with E-state index in [1.54, 1.807) is 6.07 Å². The van der Waals surface area contributed by atoms with Crippen molar-refractivity contribution < 1.29 is 9.53 Å². The van der Waals surface area contributed by atoms with Crippen molar-refractivity contribution in [3.05, 3.63) is 35.4 Å². The van der Waals surface area contributed by atoms with Crippen molar-refractivity contribution in [2.24, 2.45) is 5.84 Å². The molecule has 5 heteroatoms. The standard InChI is InChI=1S/C14H21N3O2/c1-11-9-17(7-4-8-19-11)10-12-5-2-3-6-13(12)14(18)16-15/h2-3,5-6,11H,4,7-10,15H2,1H3,(H,16,18). The highest BCUT2D eigenvalue weighted by atomic mass is 16.5. The first-order valence-corrected chi connectivity index (χ1v) is 6.63. The second-order valence-electron chi connectivity index (χ2n) is 4.90. The highest BCUT2D eigenvalue weighted by molar-refractivity contribution is 5.95. The number of hydrazine groups is 1. The summed E-state index contributed by atoms with van der Waals surface area (Å²) in [5.74, 6) is 4.98. The van der Waals surface area contributed by atoms with Crippen LogP contribution in [0.3, 0.4) is 0 Å². The number of nitrogens with zero attached hydrogens (tertiary/aromatic N) is 1. The van der Waals surface area contributed by atoms with Crippen LogP contribution in [-0.4, -0.2) is 36.6 Å². The minimum absolute atomic E-state index is 0.234. The van der Waals surface area contributed by atoms with Crippen molar-refractivity contribution in [2.45, 2.75) is 26.0 Å². The number of hydrogen-bond donors (Lipinski definition) is 2. The first-order chi connectivity index (χ1) is 9.20. The van der Waals surface area contributed by atoms with Crippen LogP contribution in [0.1, 0.15) is 29.3 Å². The molecule has 0 aromatic heterocycles. The SMILES string of the molecule is CC1CN(Cc2ccccc2C(=O)NN)CCCO1. The van der Waals surface area contributed by atoms with Gasteiger partial charge in [-0.3, -0.25) is 15.1 Å². The maximum absolute atomic E-state index is 11.7. The summed E-state index contributed by atoms with van der Waals surface area (Å²) in [5.41, 5.74) is 3.84. The number of benzene rings is 1. The lowest BCUT2D eigenvalue weighted by atomic mass is 10.1. The maximum Gasteiger partial charge on any atom is 0.265 e. The largest absolute Gasteiger partial charge is 0.377 e. The van der Waals surface area contributed by atoms with Gasteiger partial charge in [0.1, 0.15) is 0 Å². The Labute approximate surface area is 113 Å². The predicted molar refractivity (Wildman–Crippen MR) is 73.4 cm³/mol. The van der Waals surface area contributed by atoms with E-state index in [4.69, 9.17) is 10.6 Å². The Hall–Kier alpha value is -1.43. The molecule has 5 nitrogen and oxygen atoms in total. The van der Waals surface area contributed by atoms with Gasteiger partial charge < -0.3 is 4.74 Å². The van der Waals surface area contributed by atoms with Gasteiger partial charge in [-0.05, 0) is 25.0 Å². The molecule has 1 unspecified atom stereocenters. The number of nitrogens with one attached hydrogen (secondary N) is 1. The van der Waals surface area contributed by atoms with Gasteiger partial charge in [0.05, 0.1) is 6.10 Å². The normalized spacial score (nSPS) is 20.8. The molecule has 1 aliphatic heterocycles. The third-order valence-electron chi connectivity index (χ3n) is 3.32. The van der Waals surface area contributed by atoms with Crippen molar-refractivity contribution in [3.8, 4) is 0 Å². The van der Waals surface area contributed by atoms with Crippen molar-refractivity contribution in [3.63, 3.8) is 0 Å². The molecule has 3 N–H and O–H groups in total. The van der Waals surface area contributed by atoms with Crippen molar-refractivity contribution in [2.75, 3.05) is 19.7 Å². The zero-order valence-corrected chi connectivity index (χ0v) is 11.3. The van der Waals surface area contributed by atoms with E-state index in [0.29, 0.717) is 5.56 Å². The first kappa shape index (κ1) is 14.0. The fraction of sp³-hybridized carbons (Fsp3) is 0.500. The van der Waals surface area contributed by atoms with E-state index >= 15 is 0 Å². The van der Waals surface area contributed by atoms with Crippen molar-refractivity contribution in [1.82, 2.24) is 10.3 Å². The summed E-state index contributed by atoms with van der Waals surface area (Å²) in [6, 6.07) is 7.57. The van der Waals surface area contributed by atoms with Crippen LogP contribution in [0.2, 0.25) is 0 Å².